The van der Waals surface area contributed by atoms with Crippen molar-refractivity contribution in [3.8, 4) is 0 Å². The van der Waals surface area contributed by atoms with Gasteiger partial charge in [0.05, 0.1) is 0 Å². The third kappa shape index (κ3) is 3.08. The lowest BCUT2D eigenvalue weighted by molar-refractivity contribution is 0.102. The minimum Gasteiger partial charge on any atom is -0.321 e. The van der Waals surface area contributed by atoms with E-state index in [9.17, 15) is 4.79 Å². The Kier molecular flexibility index (Phi) is 3.90. The summed E-state index contributed by atoms with van der Waals surface area (Å²) in [5, 5.41) is 2.89. The molecular formula is C20H18N4O. The Morgan fingerprint density at radius 1 is 1.12 bits per heavy atom. The fourth-order valence-corrected chi connectivity index (χ4v) is 3.07. The van der Waals surface area contributed by atoms with Crippen molar-refractivity contribution >= 4 is 23.2 Å². The molecule has 5 heteroatoms. The molecule has 0 saturated carbocycles. The average Bonchev–Trinajstić information content (AvgIpc) is 3.06. The minimum absolute atomic E-state index is 0.235. The standard InChI is InChI=1S/C20H18N4O/c1-14-5-4-7-16(13-14)22-19(25)17-9-11-21-20(23-17)24-12-10-15-6-2-3-8-18(15)24/h2-9,11,13H,10,12H2,1H3,(H,22,25). The summed E-state index contributed by atoms with van der Waals surface area (Å²) < 4.78 is 0. The van der Waals surface area contributed by atoms with Gasteiger partial charge in [-0.1, -0.05) is 30.3 Å². The van der Waals surface area contributed by atoms with Crippen molar-refractivity contribution in [3.05, 3.63) is 77.6 Å². The summed E-state index contributed by atoms with van der Waals surface area (Å²) in [5.41, 5.74) is 4.60. The van der Waals surface area contributed by atoms with Crippen LogP contribution in [0.3, 0.4) is 0 Å². The predicted octanol–water partition coefficient (Wildman–Crippen LogP) is 3.73. The average molecular weight is 330 g/mol. The van der Waals surface area contributed by atoms with E-state index in [0.717, 1.165) is 29.9 Å². The quantitative estimate of drug-likeness (QED) is 0.795. The molecule has 2 heterocycles. The Morgan fingerprint density at radius 2 is 2.00 bits per heavy atom. The third-order valence-corrected chi connectivity index (χ3v) is 4.28. The highest BCUT2D eigenvalue weighted by molar-refractivity contribution is 6.03. The molecule has 4 rings (SSSR count). The Hall–Kier alpha value is -3.21. The highest BCUT2D eigenvalue weighted by atomic mass is 16.1. The minimum atomic E-state index is -0.235. The third-order valence-electron chi connectivity index (χ3n) is 4.28. The molecule has 0 radical (unpaired) electrons. The highest BCUT2D eigenvalue weighted by Gasteiger charge is 2.22. The van der Waals surface area contributed by atoms with Gasteiger partial charge in [0, 0.05) is 24.1 Å². The first-order chi connectivity index (χ1) is 12.2. The van der Waals surface area contributed by atoms with Crippen molar-refractivity contribution < 1.29 is 4.79 Å². The first kappa shape index (κ1) is 15.3. The summed E-state index contributed by atoms with van der Waals surface area (Å²) in [4.78, 5) is 23.4. The van der Waals surface area contributed by atoms with Crippen LogP contribution in [0.2, 0.25) is 0 Å². The van der Waals surface area contributed by atoms with Crippen molar-refractivity contribution in [2.75, 3.05) is 16.8 Å². The Morgan fingerprint density at radius 3 is 2.88 bits per heavy atom. The van der Waals surface area contributed by atoms with Crippen LogP contribution in [0, 0.1) is 6.92 Å². The normalized spacial score (nSPS) is 12.8. The molecule has 3 aromatic rings. The number of carbonyl (C=O) groups is 1. The Labute approximate surface area is 146 Å². The van der Waals surface area contributed by atoms with E-state index in [1.165, 1.54) is 5.56 Å². The van der Waals surface area contributed by atoms with Gasteiger partial charge in [0.1, 0.15) is 5.69 Å². The van der Waals surface area contributed by atoms with Gasteiger partial charge in [-0.15, -0.1) is 0 Å². The number of hydrogen-bond acceptors (Lipinski definition) is 4. The highest BCUT2D eigenvalue weighted by Crippen LogP contribution is 2.32. The lowest BCUT2D eigenvalue weighted by atomic mass is 10.2. The summed E-state index contributed by atoms with van der Waals surface area (Å²) in [6.07, 6.45) is 2.59. The molecule has 0 aliphatic carbocycles. The van der Waals surface area contributed by atoms with E-state index >= 15 is 0 Å². The van der Waals surface area contributed by atoms with E-state index in [1.54, 1.807) is 12.3 Å². The van der Waals surface area contributed by atoms with Gasteiger partial charge in [0.25, 0.3) is 5.91 Å². The molecular weight excluding hydrogens is 312 g/mol. The van der Waals surface area contributed by atoms with Crippen molar-refractivity contribution in [2.24, 2.45) is 0 Å². The number of para-hydroxylation sites is 1. The van der Waals surface area contributed by atoms with E-state index in [0.29, 0.717) is 11.6 Å². The number of nitrogens with one attached hydrogen (secondary N) is 1. The number of aryl methyl sites for hydroxylation is 1. The summed E-state index contributed by atoms with van der Waals surface area (Å²) in [7, 11) is 0. The topological polar surface area (TPSA) is 58.1 Å². The molecule has 0 spiro atoms. The molecule has 1 amide bonds. The molecule has 1 aromatic heterocycles. The number of hydrogen-bond donors (Lipinski definition) is 1. The van der Waals surface area contributed by atoms with Gasteiger partial charge in [0.2, 0.25) is 5.95 Å². The number of nitrogens with zero attached hydrogens (tertiary/aromatic N) is 3. The van der Waals surface area contributed by atoms with Gasteiger partial charge in [-0.25, -0.2) is 9.97 Å². The van der Waals surface area contributed by atoms with Gasteiger partial charge >= 0.3 is 0 Å². The molecule has 1 aliphatic rings. The van der Waals surface area contributed by atoms with Crippen LogP contribution in [-0.4, -0.2) is 22.4 Å². The molecule has 0 bridgehead atoms. The van der Waals surface area contributed by atoms with Gasteiger partial charge in [-0.3, -0.25) is 4.79 Å². The fourth-order valence-electron chi connectivity index (χ4n) is 3.07. The number of amides is 1. The lowest BCUT2D eigenvalue weighted by Crippen LogP contribution is -2.20. The predicted molar refractivity (Wildman–Crippen MR) is 98.3 cm³/mol. The molecule has 0 fully saturated rings. The summed E-state index contributed by atoms with van der Waals surface area (Å²) in [6.45, 7) is 2.81. The monoisotopic (exact) mass is 330 g/mol. The largest absolute Gasteiger partial charge is 0.321 e. The zero-order valence-corrected chi connectivity index (χ0v) is 13.9. The number of anilines is 3. The first-order valence-electron chi connectivity index (χ1n) is 8.27. The Balaban J connectivity index is 1.59. The van der Waals surface area contributed by atoms with E-state index < -0.39 is 0 Å². The molecule has 1 N–H and O–H groups in total. The van der Waals surface area contributed by atoms with E-state index in [1.807, 2.05) is 43.3 Å². The molecule has 2 aromatic carbocycles. The van der Waals surface area contributed by atoms with E-state index in [2.05, 4.69) is 32.3 Å². The van der Waals surface area contributed by atoms with Crippen LogP contribution in [0.5, 0.6) is 0 Å². The molecule has 0 saturated heterocycles. The van der Waals surface area contributed by atoms with Crippen LogP contribution < -0.4 is 10.2 Å². The molecule has 5 nitrogen and oxygen atoms in total. The fraction of sp³-hybridized carbons (Fsp3) is 0.150. The van der Waals surface area contributed by atoms with Crippen molar-refractivity contribution in [1.82, 2.24) is 9.97 Å². The maximum Gasteiger partial charge on any atom is 0.274 e. The molecule has 25 heavy (non-hydrogen) atoms. The van der Waals surface area contributed by atoms with E-state index in [4.69, 9.17) is 0 Å². The molecule has 0 atom stereocenters. The van der Waals surface area contributed by atoms with Crippen molar-refractivity contribution in [1.29, 1.82) is 0 Å². The second kappa shape index (κ2) is 6.36. The number of carbonyl (C=O) groups excluding carboxylic acids is 1. The second-order valence-corrected chi connectivity index (χ2v) is 6.10. The summed E-state index contributed by atoms with van der Waals surface area (Å²) in [6, 6.07) is 17.5. The molecule has 124 valence electrons. The molecule has 0 unspecified atom stereocenters. The van der Waals surface area contributed by atoms with Gasteiger partial charge in [0.15, 0.2) is 0 Å². The summed E-state index contributed by atoms with van der Waals surface area (Å²) in [5.74, 6) is 0.323. The molecule has 1 aliphatic heterocycles. The van der Waals surface area contributed by atoms with Crippen molar-refractivity contribution in [2.45, 2.75) is 13.3 Å². The number of aromatic nitrogens is 2. The van der Waals surface area contributed by atoms with Crippen LogP contribution in [0.25, 0.3) is 0 Å². The van der Waals surface area contributed by atoms with Gasteiger partial charge < -0.3 is 10.2 Å². The van der Waals surface area contributed by atoms with Crippen LogP contribution >= 0.6 is 0 Å². The smallest absolute Gasteiger partial charge is 0.274 e. The van der Waals surface area contributed by atoms with Gasteiger partial charge in [-0.2, -0.15) is 0 Å². The van der Waals surface area contributed by atoms with Crippen LogP contribution in [-0.2, 0) is 6.42 Å². The maximum absolute atomic E-state index is 12.5. The first-order valence-corrected chi connectivity index (χ1v) is 8.27. The lowest BCUT2D eigenvalue weighted by Gasteiger charge is -2.17. The Bertz CT molecular complexity index is 938. The summed E-state index contributed by atoms with van der Waals surface area (Å²) >= 11 is 0. The SMILES string of the molecule is Cc1cccc(NC(=O)c2ccnc(N3CCc4ccccc43)n2)c1. The van der Waals surface area contributed by atoms with Crippen LogP contribution in [0.1, 0.15) is 21.6 Å². The van der Waals surface area contributed by atoms with Crippen LogP contribution in [0.4, 0.5) is 17.3 Å². The van der Waals surface area contributed by atoms with E-state index in [-0.39, 0.29) is 5.91 Å². The maximum atomic E-state index is 12.5. The number of benzene rings is 2. The van der Waals surface area contributed by atoms with Gasteiger partial charge in [-0.05, 0) is 48.7 Å². The van der Waals surface area contributed by atoms with Crippen LogP contribution in [0.15, 0.2) is 60.8 Å². The number of fused-ring (bicyclic) bond motifs is 1. The number of rotatable bonds is 3. The van der Waals surface area contributed by atoms with Crippen molar-refractivity contribution in [3.63, 3.8) is 0 Å². The zero-order chi connectivity index (χ0) is 17.2. The second-order valence-electron chi connectivity index (χ2n) is 6.10. The zero-order valence-electron chi connectivity index (χ0n) is 13.9.